The largest absolute Gasteiger partial charge is 0.354 e. The van der Waals surface area contributed by atoms with Gasteiger partial charge in [0.15, 0.2) is 0 Å². The Bertz CT molecular complexity index is 1470. The molecular formula is C31H37Cl2N3O4S. The second kappa shape index (κ2) is 14.7. The minimum absolute atomic E-state index is 0.0431. The number of amides is 2. The number of unbranched alkanes of at least 4 members (excludes halogenated alkanes) is 1. The van der Waals surface area contributed by atoms with Crippen LogP contribution < -0.4 is 9.62 Å². The van der Waals surface area contributed by atoms with Crippen LogP contribution in [0.3, 0.4) is 0 Å². The molecule has 0 radical (unpaired) electrons. The third kappa shape index (κ3) is 8.03. The van der Waals surface area contributed by atoms with Crippen molar-refractivity contribution in [3.05, 3.63) is 93.5 Å². The smallest absolute Gasteiger partial charge is 0.264 e. The number of nitrogens with zero attached hydrogens (tertiary/aromatic N) is 2. The lowest BCUT2D eigenvalue weighted by Crippen LogP contribution is -2.52. The number of anilines is 1. The molecule has 3 aromatic rings. The Labute approximate surface area is 253 Å². The van der Waals surface area contributed by atoms with Gasteiger partial charge in [-0.1, -0.05) is 79.9 Å². The Morgan fingerprint density at radius 2 is 1.63 bits per heavy atom. The monoisotopic (exact) mass is 617 g/mol. The summed E-state index contributed by atoms with van der Waals surface area (Å²) in [5.74, 6) is -0.812. The fourth-order valence-corrected chi connectivity index (χ4v) is 6.31. The molecule has 3 rings (SSSR count). The van der Waals surface area contributed by atoms with Crippen molar-refractivity contribution in [1.29, 1.82) is 0 Å². The van der Waals surface area contributed by atoms with E-state index in [1.807, 2.05) is 33.8 Å². The van der Waals surface area contributed by atoms with E-state index in [-0.39, 0.29) is 17.3 Å². The van der Waals surface area contributed by atoms with E-state index in [0.717, 1.165) is 28.3 Å². The maximum absolute atomic E-state index is 14.2. The van der Waals surface area contributed by atoms with Gasteiger partial charge in [-0.3, -0.25) is 13.9 Å². The van der Waals surface area contributed by atoms with E-state index in [4.69, 9.17) is 23.2 Å². The van der Waals surface area contributed by atoms with Crippen molar-refractivity contribution in [1.82, 2.24) is 10.2 Å². The number of carbonyl (C=O) groups is 2. The van der Waals surface area contributed by atoms with E-state index in [0.29, 0.717) is 34.3 Å². The molecule has 0 aliphatic heterocycles. The van der Waals surface area contributed by atoms with Crippen LogP contribution in [0.2, 0.25) is 10.0 Å². The van der Waals surface area contributed by atoms with Crippen LogP contribution >= 0.6 is 23.2 Å². The van der Waals surface area contributed by atoms with Gasteiger partial charge >= 0.3 is 0 Å². The van der Waals surface area contributed by atoms with Crippen molar-refractivity contribution in [3.8, 4) is 0 Å². The first kappa shape index (κ1) is 32.4. The van der Waals surface area contributed by atoms with Crippen LogP contribution in [0.5, 0.6) is 0 Å². The summed E-state index contributed by atoms with van der Waals surface area (Å²) >= 11 is 12.4. The van der Waals surface area contributed by atoms with Gasteiger partial charge in [0, 0.05) is 13.1 Å². The van der Waals surface area contributed by atoms with Crippen molar-refractivity contribution in [2.24, 2.45) is 0 Å². The molecule has 0 fully saturated rings. The molecule has 0 aliphatic rings. The molecule has 0 saturated carbocycles. The van der Waals surface area contributed by atoms with Gasteiger partial charge in [0.2, 0.25) is 11.8 Å². The lowest BCUT2D eigenvalue weighted by atomic mass is 10.1. The molecule has 10 heteroatoms. The lowest BCUT2D eigenvalue weighted by molar-refractivity contribution is -0.140. The first-order valence-corrected chi connectivity index (χ1v) is 15.9. The molecule has 1 atom stereocenters. The molecule has 7 nitrogen and oxygen atoms in total. The van der Waals surface area contributed by atoms with Crippen molar-refractivity contribution in [2.45, 2.75) is 64.4 Å². The molecular weight excluding hydrogens is 581 g/mol. The average Bonchev–Trinajstić information content (AvgIpc) is 2.95. The van der Waals surface area contributed by atoms with Crippen molar-refractivity contribution < 1.29 is 18.0 Å². The SMILES string of the molecule is CCCCNC(=O)[C@H](CC)N(Cc1ccc(Cl)c(Cl)c1)C(=O)CN(c1cccc(C)c1C)S(=O)(=O)c1ccccc1. The van der Waals surface area contributed by atoms with E-state index in [9.17, 15) is 18.0 Å². The third-order valence-electron chi connectivity index (χ3n) is 7.01. The van der Waals surface area contributed by atoms with Crippen molar-refractivity contribution in [3.63, 3.8) is 0 Å². The molecule has 0 heterocycles. The highest BCUT2D eigenvalue weighted by Crippen LogP contribution is 2.30. The summed E-state index contributed by atoms with van der Waals surface area (Å²) in [5.41, 5.74) is 2.69. The predicted molar refractivity (Wildman–Crippen MR) is 166 cm³/mol. The summed E-state index contributed by atoms with van der Waals surface area (Å²) in [6.45, 7) is 7.59. The van der Waals surface area contributed by atoms with Crippen molar-refractivity contribution >= 4 is 50.7 Å². The highest BCUT2D eigenvalue weighted by molar-refractivity contribution is 7.92. The third-order valence-corrected chi connectivity index (χ3v) is 9.52. The first-order valence-electron chi connectivity index (χ1n) is 13.7. The Balaban J connectivity index is 2.08. The van der Waals surface area contributed by atoms with Crippen molar-refractivity contribution in [2.75, 3.05) is 17.4 Å². The van der Waals surface area contributed by atoms with Crippen LogP contribution in [0.1, 0.15) is 49.8 Å². The van der Waals surface area contributed by atoms with Gasteiger partial charge in [-0.05, 0) is 73.7 Å². The fraction of sp³-hybridized carbons (Fsp3) is 0.355. The summed E-state index contributed by atoms with van der Waals surface area (Å²) in [5, 5.41) is 3.61. The standard InChI is InChI=1S/C31H37Cl2N3O4S/c1-5-7-18-34-31(38)28(6-2)35(20-24-16-17-26(32)27(33)19-24)30(37)21-36(29-15-11-12-22(3)23(29)4)41(39,40)25-13-9-8-10-14-25/h8-17,19,28H,5-7,18,20-21H2,1-4H3,(H,34,38)/t28-/m0/s1. The van der Waals surface area contributed by atoms with Crippen LogP contribution in [-0.4, -0.2) is 44.3 Å². The van der Waals surface area contributed by atoms with E-state index in [1.165, 1.54) is 17.0 Å². The van der Waals surface area contributed by atoms with Gasteiger partial charge in [-0.25, -0.2) is 8.42 Å². The number of halogens is 2. The maximum atomic E-state index is 14.2. The molecule has 41 heavy (non-hydrogen) atoms. The Kier molecular flexibility index (Phi) is 11.6. The molecule has 0 bridgehead atoms. The van der Waals surface area contributed by atoms with Gasteiger partial charge in [0.25, 0.3) is 10.0 Å². The fourth-order valence-electron chi connectivity index (χ4n) is 4.50. The topological polar surface area (TPSA) is 86.8 Å². The minimum Gasteiger partial charge on any atom is -0.354 e. The normalized spacial score (nSPS) is 12.0. The number of benzene rings is 3. The number of aryl methyl sites for hydroxylation is 1. The molecule has 3 aromatic carbocycles. The number of sulfonamides is 1. The molecule has 0 aliphatic carbocycles. The molecule has 0 unspecified atom stereocenters. The van der Waals surface area contributed by atoms with Crippen LogP contribution in [0.25, 0.3) is 0 Å². The zero-order valence-corrected chi connectivity index (χ0v) is 26.2. The van der Waals surface area contributed by atoms with E-state index < -0.39 is 28.5 Å². The minimum atomic E-state index is -4.13. The molecule has 1 N–H and O–H groups in total. The molecule has 0 saturated heterocycles. The van der Waals surface area contributed by atoms with Crippen LogP contribution in [-0.2, 0) is 26.2 Å². The Hall–Kier alpha value is -3.07. The maximum Gasteiger partial charge on any atom is 0.264 e. The summed E-state index contributed by atoms with van der Waals surface area (Å²) in [6, 6.07) is 17.5. The van der Waals surface area contributed by atoms with E-state index >= 15 is 0 Å². The van der Waals surface area contributed by atoms with Gasteiger partial charge in [0.1, 0.15) is 12.6 Å². The number of hydrogen-bond donors (Lipinski definition) is 1. The second-order valence-corrected chi connectivity index (χ2v) is 12.6. The van der Waals surface area contributed by atoms with Gasteiger partial charge in [0.05, 0.1) is 20.6 Å². The number of carbonyl (C=O) groups excluding carboxylic acids is 2. The highest BCUT2D eigenvalue weighted by Gasteiger charge is 2.34. The quantitative estimate of drug-likeness (QED) is 0.221. The van der Waals surface area contributed by atoms with Gasteiger partial charge < -0.3 is 10.2 Å². The Morgan fingerprint density at radius 3 is 2.27 bits per heavy atom. The van der Waals surface area contributed by atoms with E-state index in [2.05, 4.69) is 5.32 Å². The van der Waals surface area contributed by atoms with Crippen LogP contribution in [0, 0.1) is 13.8 Å². The molecule has 0 spiro atoms. The molecule has 220 valence electrons. The summed E-state index contributed by atoms with van der Waals surface area (Å²) in [7, 11) is -4.13. The van der Waals surface area contributed by atoms with Gasteiger partial charge in [-0.2, -0.15) is 0 Å². The number of nitrogens with one attached hydrogen (secondary N) is 1. The Morgan fingerprint density at radius 1 is 0.927 bits per heavy atom. The van der Waals surface area contributed by atoms with Crippen LogP contribution in [0.4, 0.5) is 5.69 Å². The first-order chi connectivity index (χ1) is 19.5. The average molecular weight is 619 g/mol. The second-order valence-electron chi connectivity index (χ2n) is 9.88. The van der Waals surface area contributed by atoms with E-state index in [1.54, 1.807) is 48.5 Å². The summed E-state index contributed by atoms with van der Waals surface area (Å²) in [6.07, 6.45) is 2.05. The number of rotatable bonds is 13. The molecule has 0 aromatic heterocycles. The zero-order valence-electron chi connectivity index (χ0n) is 23.9. The highest BCUT2D eigenvalue weighted by atomic mass is 35.5. The summed E-state index contributed by atoms with van der Waals surface area (Å²) in [4.78, 5) is 29.0. The number of hydrogen-bond acceptors (Lipinski definition) is 4. The van der Waals surface area contributed by atoms with Crippen LogP contribution in [0.15, 0.2) is 71.6 Å². The zero-order chi connectivity index (χ0) is 30.2. The lowest BCUT2D eigenvalue weighted by Gasteiger charge is -2.33. The molecule has 2 amide bonds. The van der Waals surface area contributed by atoms with Gasteiger partial charge in [-0.15, -0.1) is 0 Å². The predicted octanol–water partition coefficient (Wildman–Crippen LogP) is 6.53. The summed E-state index contributed by atoms with van der Waals surface area (Å²) < 4.78 is 29.1.